The van der Waals surface area contributed by atoms with Crippen LogP contribution in [0, 0.1) is 6.92 Å². The summed E-state index contributed by atoms with van der Waals surface area (Å²) in [5.74, 6) is -0.869. The summed E-state index contributed by atoms with van der Waals surface area (Å²) in [6.45, 7) is 5.11. The number of hydrogen-bond donors (Lipinski definition) is 3. The van der Waals surface area contributed by atoms with Crippen LogP contribution in [0.1, 0.15) is 92.1 Å². The molecule has 7 aromatic rings. The molecule has 0 bridgehead atoms. The number of nitrogens with one attached hydrogen (secondary N) is 3. The van der Waals surface area contributed by atoms with Crippen molar-refractivity contribution in [1.29, 1.82) is 0 Å². The third-order valence-corrected chi connectivity index (χ3v) is 13.1. The number of ether oxygens (including phenoxy) is 3. The molecule has 0 aliphatic carbocycles. The molecule has 334 valence electrons. The van der Waals surface area contributed by atoms with Gasteiger partial charge in [0.15, 0.2) is 0 Å². The molecular weight excluding hydrogens is 823 g/mol. The summed E-state index contributed by atoms with van der Waals surface area (Å²) in [6, 6.07) is 54.7. The number of amides is 1. The molecule has 0 aromatic heterocycles. The van der Waals surface area contributed by atoms with Gasteiger partial charge in [-0.3, -0.25) is 9.59 Å². The first-order valence-corrected chi connectivity index (χ1v) is 23.0. The Labute approximate surface area is 386 Å². The highest BCUT2D eigenvalue weighted by molar-refractivity contribution is 6.13. The van der Waals surface area contributed by atoms with Crippen molar-refractivity contribution >= 4 is 34.3 Å². The molecule has 2 heterocycles. The molecule has 66 heavy (non-hydrogen) atoms. The Morgan fingerprint density at radius 1 is 0.606 bits per heavy atom. The molecule has 2 fully saturated rings. The lowest BCUT2D eigenvalue weighted by molar-refractivity contribution is -0.164. The van der Waals surface area contributed by atoms with Crippen LogP contribution in [0.15, 0.2) is 170 Å². The van der Waals surface area contributed by atoms with E-state index in [1.807, 2.05) is 116 Å². The second-order valence-corrected chi connectivity index (χ2v) is 17.4. The fourth-order valence-electron chi connectivity index (χ4n) is 9.61. The second-order valence-electron chi connectivity index (χ2n) is 17.4. The predicted molar refractivity (Wildman–Crippen MR) is 259 cm³/mol. The van der Waals surface area contributed by atoms with E-state index in [2.05, 4.69) is 52.3 Å². The van der Waals surface area contributed by atoms with Crippen molar-refractivity contribution in [3.05, 3.63) is 214 Å². The molecule has 0 radical (unpaired) electrons. The first-order chi connectivity index (χ1) is 32.3. The number of aryl methyl sites for hydroxylation is 1. The molecule has 1 atom stereocenters. The average molecular weight is 878 g/mol. The smallest absolute Gasteiger partial charge is 0.339 e. The number of rotatable bonds is 14. The molecule has 7 aromatic carbocycles. The van der Waals surface area contributed by atoms with E-state index in [-0.39, 0.29) is 36.0 Å². The molecule has 2 aliphatic heterocycles. The summed E-state index contributed by atoms with van der Waals surface area (Å²) in [7, 11) is 0. The third kappa shape index (κ3) is 9.78. The monoisotopic (exact) mass is 877 g/mol. The van der Waals surface area contributed by atoms with Gasteiger partial charge in [-0.25, -0.2) is 4.79 Å². The second kappa shape index (κ2) is 20.0. The highest BCUT2D eigenvalue weighted by Gasteiger charge is 2.40. The molecular formula is C57H55N3O6. The van der Waals surface area contributed by atoms with Gasteiger partial charge in [-0.15, -0.1) is 0 Å². The van der Waals surface area contributed by atoms with Crippen molar-refractivity contribution in [2.75, 3.05) is 31.5 Å². The lowest BCUT2D eigenvalue weighted by Crippen LogP contribution is -2.43. The fourth-order valence-corrected chi connectivity index (χ4v) is 9.61. The van der Waals surface area contributed by atoms with Gasteiger partial charge in [-0.2, -0.15) is 0 Å². The van der Waals surface area contributed by atoms with Crippen molar-refractivity contribution < 1.29 is 28.6 Å². The summed E-state index contributed by atoms with van der Waals surface area (Å²) in [5.41, 5.74) is 5.17. The van der Waals surface area contributed by atoms with E-state index in [0.29, 0.717) is 50.2 Å². The molecule has 9 rings (SSSR count). The maximum atomic E-state index is 14.3. The Morgan fingerprint density at radius 3 is 1.95 bits per heavy atom. The topological polar surface area (TPSA) is 115 Å². The van der Waals surface area contributed by atoms with Crippen LogP contribution in [0.4, 0.5) is 5.69 Å². The lowest BCUT2D eigenvalue weighted by atomic mass is 9.84. The van der Waals surface area contributed by atoms with E-state index in [0.717, 1.165) is 57.2 Å². The van der Waals surface area contributed by atoms with Gasteiger partial charge in [-0.1, -0.05) is 145 Å². The van der Waals surface area contributed by atoms with Crippen LogP contribution in [-0.4, -0.2) is 44.0 Å². The van der Waals surface area contributed by atoms with Crippen molar-refractivity contribution in [3.8, 4) is 5.75 Å². The number of carbonyl (C=O) groups is 3. The summed E-state index contributed by atoms with van der Waals surface area (Å²) >= 11 is 0. The maximum absolute atomic E-state index is 14.3. The van der Waals surface area contributed by atoms with Gasteiger partial charge in [0, 0.05) is 48.2 Å². The first kappa shape index (κ1) is 44.1. The number of hydrogen-bond acceptors (Lipinski definition) is 8. The number of esters is 2. The van der Waals surface area contributed by atoms with Gasteiger partial charge in [0.05, 0.1) is 17.5 Å². The summed E-state index contributed by atoms with van der Waals surface area (Å²) in [6.07, 6.45) is 2.63. The van der Waals surface area contributed by atoms with Crippen molar-refractivity contribution in [1.82, 2.24) is 10.6 Å². The molecule has 3 N–H and O–H groups in total. The summed E-state index contributed by atoms with van der Waals surface area (Å²) in [4.78, 5) is 42.4. The van der Waals surface area contributed by atoms with Gasteiger partial charge in [0.1, 0.15) is 23.6 Å². The molecule has 2 aliphatic rings. The minimum atomic E-state index is -0.948. The van der Waals surface area contributed by atoms with Gasteiger partial charge < -0.3 is 30.2 Å². The van der Waals surface area contributed by atoms with Crippen LogP contribution in [0.3, 0.4) is 0 Å². The third-order valence-electron chi connectivity index (χ3n) is 13.1. The zero-order chi connectivity index (χ0) is 45.4. The zero-order valence-electron chi connectivity index (χ0n) is 37.3. The van der Waals surface area contributed by atoms with Crippen molar-refractivity contribution in [3.63, 3.8) is 0 Å². The zero-order valence-corrected chi connectivity index (χ0v) is 37.3. The predicted octanol–water partition coefficient (Wildman–Crippen LogP) is 10.8. The standard InChI is InChI=1S/C57H55N3O6/c1-40-26-27-52(50(36-40)49(43-15-4-2-5-16-43)38-53(61)65-56(28-32-58-33-29-56)44-19-6-3-7-20-44)64-39-41-14-12-21-45(37-41)57(30-34-59-35-31-57)66-55(63)48-24-11-10-23-47(48)54(62)60-51-25-13-18-42-17-8-9-22-46(42)51/h2-27,36-37,49,58-59H,28-35,38-39H2,1H3,(H,60,62). The van der Waals surface area contributed by atoms with Crippen LogP contribution in [0.25, 0.3) is 10.8 Å². The van der Waals surface area contributed by atoms with E-state index >= 15 is 0 Å². The summed E-state index contributed by atoms with van der Waals surface area (Å²) in [5, 5.41) is 11.8. The first-order valence-electron chi connectivity index (χ1n) is 23.0. The van der Waals surface area contributed by atoms with E-state index in [9.17, 15) is 14.4 Å². The maximum Gasteiger partial charge on any atom is 0.339 e. The van der Waals surface area contributed by atoms with Crippen LogP contribution in [-0.2, 0) is 32.1 Å². The van der Waals surface area contributed by atoms with E-state index in [1.165, 1.54) is 0 Å². The SMILES string of the molecule is Cc1ccc(OCc2cccc(C3(OC(=O)c4ccccc4C(=O)Nc4cccc5ccccc45)CCNCC3)c2)c(C(CC(=O)OC2(c3ccccc3)CCNCC2)c2ccccc2)c1. The molecule has 1 unspecified atom stereocenters. The van der Waals surface area contributed by atoms with Crippen molar-refractivity contribution in [2.45, 2.75) is 62.8 Å². The normalized spacial score (nSPS) is 15.8. The Kier molecular flexibility index (Phi) is 13.4. The Balaban J connectivity index is 0.952. The highest BCUT2D eigenvalue weighted by Crippen LogP contribution is 2.41. The van der Waals surface area contributed by atoms with Gasteiger partial charge in [0.25, 0.3) is 5.91 Å². The minimum absolute atomic E-state index is 0.136. The van der Waals surface area contributed by atoms with E-state index in [1.54, 1.807) is 24.3 Å². The summed E-state index contributed by atoms with van der Waals surface area (Å²) < 4.78 is 19.8. The Morgan fingerprint density at radius 2 is 1.21 bits per heavy atom. The van der Waals surface area contributed by atoms with Crippen molar-refractivity contribution in [2.24, 2.45) is 0 Å². The number of piperidine rings is 2. The van der Waals surface area contributed by atoms with Gasteiger partial charge in [0.2, 0.25) is 0 Å². The number of fused-ring (bicyclic) bond motifs is 1. The quantitative estimate of drug-likeness (QED) is 0.0926. The van der Waals surface area contributed by atoms with Crippen LogP contribution in [0.2, 0.25) is 0 Å². The number of carbonyl (C=O) groups excluding carboxylic acids is 3. The molecule has 0 spiro atoms. The number of benzene rings is 7. The number of anilines is 1. The molecule has 2 saturated heterocycles. The van der Waals surface area contributed by atoms with Gasteiger partial charge >= 0.3 is 11.9 Å². The van der Waals surface area contributed by atoms with Crippen LogP contribution in [0.5, 0.6) is 5.75 Å². The molecule has 9 nitrogen and oxygen atoms in total. The molecule has 9 heteroatoms. The minimum Gasteiger partial charge on any atom is -0.489 e. The molecule has 1 amide bonds. The Hall–Kier alpha value is -7.07. The largest absolute Gasteiger partial charge is 0.489 e. The highest BCUT2D eigenvalue weighted by atomic mass is 16.6. The van der Waals surface area contributed by atoms with Crippen LogP contribution >= 0.6 is 0 Å². The van der Waals surface area contributed by atoms with E-state index in [4.69, 9.17) is 14.2 Å². The average Bonchev–Trinajstić information content (AvgIpc) is 3.36. The van der Waals surface area contributed by atoms with Gasteiger partial charge in [-0.05, 0) is 91.1 Å². The lowest BCUT2D eigenvalue weighted by Gasteiger charge is -2.38. The van der Waals surface area contributed by atoms with Crippen LogP contribution < -0.4 is 20.7 Å². The molecule has 0 saturated carbocycles. The Bertz CT molecular complexity index is 2810. The fraction of sp³-hybridized carbons (Fsp3) is 0.246. The van der Waals surface area contributed by atoms with E-state index < -0.39 is 23.1 Å².